The standard InChI is InChI=1S/C44H60N8O9S2/c1-26(2)45-42-48-34(25-62-42)33-21-36(30-16-15-28(60-6)19-32(30)46-33)61-29-20-35-38(53)50-44(40(55)56)22-27(44)13-10-8-7-9-11-14-31(39(54)52(35)23-29)47-41(57)49-37(43(3,4)5)24-51-17-12-18-63(51,58)59/h10,13,15-16,19,21,25-27,29,31,35,37H,7-9,11-12,14,17-18,20,22-24H2,1-6H3,(H,45,48)(H,50,53)(H,55,56)(H2,47,49,57)/t27?,29-,31+,35+,37?,44-/m1/s1. The lowest BCUT2D eigenvalue weighted by Crippen LogP contribution is -2.59. The molecule has 342 valence electrons. The van der Waals surface area contributed by atoms with Crippen LogP contribution in [0.25, 0.3) is 22.3 Å². The number of rotatable bonds is 11. The molecule has 2 saturated heterocycles. The third kappa shape index (κ3) is 10.5. The zero-order valence-corrected chi connectivity index (χ0v) is 38.4. The quantitative estimate of drug-likeness (QED) is 0.158. The summed E-state index contributed by atoms with van der Waals surface area (Å²) in [4.78, 5) is 66.9. The van der Waals surface area contributed by atoms with Gasteiger partial charge in [0.1, 0.15) is 40.9 Å². The van der Waals surface area contributed by atoms with Crippen LogP contribution in [0.1, 0.15) is 86.0 Å². The van der Waals surface area contributed by atoms with Gasteiger partial charge in [-0.25, -0.2) is 28.0 Å². The van der Waals surface area contributed by atoms with Gasteiger partial charge in [-0.1, -0.05) is 45.8 Å². The monoisotopic (exact) mass is 908 g/mol. The maximum absolute atomic E-state index is 14.9. The highest BCUT2D eigenvalue weighted by Crippen LogP contribution is 2.45. The molecule has 7 rings (SSSR count). The van der Waals surface area contributed by atoms with E-state index in [0.717, 1.165) is 18.0 Å². The van der Waals surface area contributed by atoms with E-state index in [2.05, 4.69) is 21.3 Å². The van der Waals surface area contributed by atoms with Crippen molar-refractivity contribution in [3.8, 4) is 22.9 Å². The first kappa shape index (κ1) is 46.0. The molecule has 63 heavy (non-hydrogen) atoms. The Morgan fingerprint density at radius 3 is 2.59 bits per heavy atom. The van der Waals surface area contributed by atoms with Crippen LogP contribution in [0.4, 0.5) is 9.93 Å². The first-order chi connectivity index (χ1) is 29.9. The van der Waals surface area contributed by atoms with Crippen molar-refractivity contribution >= 4 is 61.2 Å². The van der Waals surface area contributed by atoms with Crippen molar-refractivity contribution in [3.05, 3.63) is 41.8 Å². The SMILES string of the molecule is COc1ccc2c(O[C@@H]3C[C@H]4C(=O)N[C@]5(C(=O)O)CC5C=CCCCCC[C@H](NC(=O)NC(CN5CCCS5(=O)=O)C(C)(C)C)C(=O)N4C3)cc(-c3csc(NC(C)C)n3)nc2c1. The number of carbonyl (C=O) groups excluding carboxylic acids is 3. The summed E-state index contributed by atoms with van der Waals surface area (Å²) in [6.45, 7) is 10.2. The zero-order valence-electron chi connectivity index (χ0n) is 36.8. The number of sulfonamides is 1. The number of hydrogen-bond donors (Lipinski definition) is 5. The number of hydrogen-bond acceptors (Lipinski definition) is 12. The molecule has 5 heterocycles. The average molecular weight is 909 g/mol. The number of urea groups is 1. The second kappa shape index (κ2) is 18.6. The van der Waals surface area contributed by atoms with E-state index in [9.17, 15) is 32.7 Å². The van der Waals surface area contributed by atoms with Gasteiger partial charge in [0.25, 0.3) is 0 Å². The molecule has 0 bridgehead atoms. The normalized spacial score (nSPS) is 25.9. The van der Waals surface area contributed by atoms with E-state index in [4.69, 9.17) is 19.4 Å². The Morgan fingerprint density at radius 2 is 1.89 bits per heavy atom. The van der Waals surface area contributed by atoms with Crippen LogP contribution in [0.5, 0.6) is 11.5 Å². The largest absolute Gasteiger partial charge is 0.497 e. The van der Waals surface area contributed by atoms with Gasteiger partial charge in [-0.3, -0.25) is 9.59 Å². The summed E-state index contributed by atoms with van der Waals surface area (Å²) in [5.41, 5.74) is -0.287. The van der Waals surface area contributed by atoms with Crippen molar-refractivity contribution in [2.24, 2.45) is 11.3 Å². The molecule has 1 saturated carbocycles. The lowest BCUT2D eigenvalue weighted by Gasteiger charge is -2.35. The highest BCUT2D eigenvalue weighted by atomic mass is 32.2. The summed E-state index contributed by atoms with van der Waals surface area (Å²) >= 11 is 1.45. The van der Waals surface area contributed by atoms with Crippen LogP contribution < -0.4 is 30.7 Å². The molecule has 3 aliphatic heterocycles. The van der Waals surface area contributed by atoms with E-state index < -0.39 is 74.9 Å². The Labute approximate surface area is 372 Å². The topological polar surface area (TPSA) is 221 Å². The number of carboxylic acid groups (broad SMARTS) is 1. The fraction of sp³-hybridized carbons (Fsp3) is 0.591. The number of aliphatic carboxylic acids is 1. The molecular weight excluding hydrogens is 849 g/mol. The Hall–Kier alpha value is -5.01. The first-order valence-corrected chi connectivity index (χ1v) is 24.3. The number of pyridine rings is 1. The van der Waals surface area contributed by atoms with Crippen LogP contribution >= 0.6 is 11.3 Å². The van der Waals surface area contributed by atoms with Crippen molar-refractivity contribution in [2.45, 2.75) is 122 Å². The predicted molar refractivity (Wildman–Crippen MR) is 240 cm³/mol. The summed E-state index contributed by atoms with van der Waals surface area (Å²) in [7, 11) is -1.87. The first-order valence-electron chi connectivity index (χ1n) is 21.8. The van der Waals surface area contributed by atoms with Crippen LogP contribution in [0.3, 0.4) is 0 Å². The molecule has 3 aromatic rings. The lowest BCUT2D eigenvalue weighted by atomic mass is 9.86. The van der Waals surface area contributed by atoms with E-state index in [0.29, 0.717) is 59.6 Å². The number of ether oxygens (including phenoxy) is 2. The molecule has 4 aliphatic rings. The van der Waals surface area contributed by atoms with Gasteiger partial charge in [-0.05, 0) is 63.5 Å². The van der Waals surface area contributed by atoms with E-state index in [1.165, 1.54) is 20.5 Å². The maximum atomic E-state index is 14.9. The van der Waals surface area contributed by atoms with Gasteiger partial charge >= 0.3 is 12.0 Å². The Balaban J connectivity index is 1.19. The molecule has 0 spiro atoms. The molecule has 2 unspecified atom stereocenters. The fourth-order valence-electron chi connectivity index (χ4n) is 8.56. The molecule has 1 aromatic carbocycles. The smallest absolute Gasteiger partial charge is 0.330 e. The molecule has 0 radical (unpaired) electrons. The second-order valence-electron chi connectivity index (χ2n) is 18.5. The van der Waals surface area contributed by atoms with Crippen LogP contribution in [0.2, 0.25) is 0 Å². The number of nitrogens with one attached hydrogen (secondary N) is 4. The van der Waals surface area contributed by atoms with E-state index >= 15 is 0 Å². The number of aromatic nitrogens is 2. The number of fused-ring (bicyclic) bond motifs is 3. The van der Waals surface area contributed by atoms with Gasteiger partial charge < -0.3 is 40.7 Å². The maximum Gasteiger partial charge on any atom is 0.330 e. The van der Waals surface area contributed by atoms with Crippen LogP contribution in [-0.4, -0.2) is 125 Å². The van der Waals surface area contributed by atoms with Crippen molar-refractivity contribution < 1.29 is 42.2 Å². The number of benzene rings is 1. The molecule has 6 atom stereocenters. The molecule has 3 fully saturated rings. The lowest BCUT2D eigenvalue weighted by molar-refractivity contribution is -0.145. The van der Waals surface area contributed by atoms with Gasteiger partial charge in [0, 0.05) is 60.4 Å². The van der Waals surface area contributed by atoms with Crippen molar-refractivity contribution in [3.63, 3.8) is 0 Å². The number of thiazole rings is 1. The summed E-state index contributed by atoms with van der Waals surface area (Å²) in [5, 5.41) is 25.7. The van der Waals surface area contributed by atoms with Crippen molar-refractivity contribution in [2.75, 3.05) is 37.8 Å². The number of carboxylic acids is 1. The van der Waals surface area contributed by atoms with Gasteiger partial charge in [0.05, 0.1) is 30.6 Å². The Morgan fingerprint density at radius 1 is 1.10 bits per heavy atom. The molecule has 1 aliphatic carbocycles. The average Bonchev–Trinajstić information content (AvgIpc) is 3.49. The number of methoxy groups -OCH3 is 1. The van der Waals surface area contributed by atoms with Gasteiger partial charge in [-0.15, -0.1) is 11.3 Å². The molecule has 17 nitrogen and oxygen atoms in total. The number of amides is 4. The van der Waals surface area contributed by atoms with E-state index in [1.807, 2.05) is 58.2 Å². The minimum Gasteiger partial charge on any atom is -0.497 e. The Bertz CT molecular complexity index is 2350. The summed E-state index contributed by atoms with van der Waals surface area (Å²) < 4.78 is 39.1. The molecular formula is C44H60N8O9S2. The summed E-state index contributed by atoms with van der Waals surface area (Å²) in [6, 6.07) is 3.97. The third-order valence-electron chi connectivity index (χ3n) is 12.3. The van der Waals surface area contributed by atoms with Crippen molar-refractivity contribution in [1.82, 2.24) is 35.1 Å². The molecule has 4 amide bonds. The van der Waals surface area contributed by atoms with Gasteiger partial charge in [0.15, 0.2) is 5.13 Å². The molecule has 2 aromatic heterocycles. The zero-order chi connectivity index (χ0) is 45.3. The van der Waals surface area contributed by atoms with Crippen molar-refractivity contribution in [1.29, 1.82) is 0 Å². The van der Waals surface area contributed by atoms with E-state index in [-0.39, 0.29) is 44.1 Å². The third-order valence-corrected chi connectivity index (χ3v) is 15.0. The highest BCUT2D eigenvalue weighted by Gasteiger charge is 2.61. The predicted octanol–water partition coefficient (Wildman–Crippen LogP) is 5.13. The van der Waals surface area contributed by atoms with Crippen LogP contribution in [0.15, 0.2) is 41.8 Å². The molecule has 5 N–H and O–H groups in total. The molecule has 19 heteroatoms. The van der Waals surface area contributed by atoms with Crippen LogP contribution in [0, 0.1) is 11.3 Å². The van der Waals surface area contributed by atoms with Gasteiger partial charge in [0.2, 0.25) is 21.8 Å². The fourth-order valence-corrected chi connectivity index (χ4v) is 10.9. The summed E-state index contributed by atoms with van der Waals surface area (Å²) in [6.07, 6.45) is 6.94. The minimum absolute atomic E-state index is 0.0357. The van der Waals surface area contributed by atoms with Gasteiger partial charge in [-0.2, -0.15) is 4.31 Å². The Kier molecular flexibility index (Phi) is 13.6. The second-order valence-corrected chi connectivity index (χ2v) is 21.4. The van der Waals surface area contributed by atoms with Crippen LogP contribution in [-0.2, 0) is 24.4 Å². The number of anilines is 1. The number of carbonyl (C=O) groups is 4. The minimum atomic E-state index is -3.44. The number of nitrogens with zero attached hydrogens (tertiary/aromatic N) is 4. The summed E-state index contributed by atoms with van der Waals surface area (Å²) in [5.74, 6) is -1.58. The number of allylic oxidation sites excluding steroid dienone is 1. The van der Waals surface area contributed by atoms with E-state index in [1.54, 1.807) is 25.3 Å². The highest BCUT2D eigenvalue weighted by molar-refractivity contribution is 7.89.